The Morgan fingerprint density at radius 2 is 2.10 bits per heavy atom. The molecule has 0 bridgehead atoms. The smallest absolute Gasteiger partial charge is 0.321 e. The maximum Gasteiger partial charge on any atom is 0.321 e. The minimum absolute atomic E-state index is 0.00443. The predicted molar refractivity (Wildman–Crippen MR) is 73.4 cm³/mol. The Labute approximate surface area is 120 Å². The van der Waals surface area contributed by atoms with Crippen molar-refractivity contribution in [3.63, 3.8) is 0 Å². The predicted octanol–water partition coefficient (Wildman–Crippen LogP) is 1.59. The van der Waals surface area contributed by atoms with Gasteiger partial charge in [-0.3, -0.25) is 14.9 Å². The summed E-state index contributed by atoms with van der Waals surface area (Å²) in [5.41, 5.74) is 0. The highest BCUT2D eigenvalue weighted by atomic mass is 32.1. The number of carbonyl (C=O) groups is 3. The molecular weight excluding hydrogens is 282 g/mol. The Morgan fingerprint density at radius 1 is 1.40 bits per heavy atom. The third kappa shape index (κ3) is 5.79. The van der Waals surface area contributed by atoms with E-state index in [1.165, 1.54) is 11.3 Å². The highest BCUT2D eigenvalue weighted by Gasteiger charge is 2.14. The van der Waals surface area contributed by atoms with Crippen LogP contribution < -0.4 is 10.6 Å². The van der Waals surface area contributed by atoms with Gasteiger partial charge >= 0.3 is 12.0 Å². The van der Waals surface area contributed by atoms with Crippen molar-refractivity contribution in [1.82, 2.24) is 15.6 Å². The van der Waals surface area contributed by atoms with Gasteiger partial charge in [0.2, 0.25) is 5.91 Å². The van der Waals surface area contributed by atoms with E-state index in [0.29, 0.717) is 0 Å². The maximum absolute atomic E-state index is 11.6. The molecule has 3 N–H and O–H groups in total. The number of imide groups is 1. The zero-order chi connectivity index (χ0) is 15.1. The molecule has 0 saturated carbocycles. The molecule has 3 amide bonds. The second kappa shape index (κ2) is 7.59. The van der Waals surface area contributed by atoms with E-state index in [-0.39, 0.29) is 25.3 Å². The molecule has 1 aromatic heterocycles. The number of nitrogens with zero attached hydrogens (tertiary/aromatic N) is 1. The van der Waals surface area contributed by atoms with Crippen molar-refractivity contribution in [2.75, 3.05) is 0 Å². The SMILES string of the molecule is Cc1cnc(C(C)NC(=O)NC(=O)CCCC(=O)O)s1. The lowest BCUT2D eigenvalue weighted by molar-refractivity contribution is -0.137. The van der Waals surface area contributed by atoms with E-state index in [1.807, 2.05) is 6.92 Å². The van der Waals surface area contributed by atoms with E-state index in [1.54, 1.807) is 13.1 Å². The summed E-state index contributed by atoms with van der Waals surface area (Å²) in [7, 11) is 0. The summed E-state index contributed by atoms with van der Waals surface area (Å²) < 4.78 is 0. The van der Waals surface area contributed by atoms with E-state index in [9.17, 15) is 14.4 Å². The number of carboxylic acid groups (broad SMARTS) is 1. The lowest BCUT2D eigenvalue weighted by atomic mass is 10.2. The van der Waals surface area contributed by atoms with E-state index < -0.39 is 17.9 Å². The summed E-state index contributed by atoms with van der Waals surface area (Å²) in [6.45, 7) is 3.69. The van der Waals surface area contributed by atoms with Crippen LogP contribution in [0, 0.1) is 6.92 Å². The number of aliphatic carboxylic acids is 1. The van der Waals surface area contributed by atoms with Crippen molar-refractivity contribution in [2.45, 2.75) is 39.2 Å². The van der Waals surface area contributed by atoms with Gasteiger partial charge in [0.25, 0.3) is 0 Å². The number of amides is 3. The monoisotopic (exact) mass is 299 g/mol. The molecule has 1 atom stereocenters. The van der Waals surface area contributed by atoms with Crippen molar-refractivity contribution in [2.24, 2.45) is 0 Å². The summed E-state index contributed by atoms with van der Waals surface area (Å²) in [4.78, 5) is 38.4. The molecule has 1 aromatic rings. The Morgan fingerprint density at radius 3 is 2.65 bits per heavy atom. The first-order chi connectivity index (χ1) is 9.38. The first-order valence-electron chi connectivity index (χ1n) is 6.13. The van der Waals surface area contributed by atoms with Crippen molar-refractivity contribution < 1.29 is 19.5 Å². The van der Waals surface area contributed by atoms with Crippen LogP contribution in [0.25, 0.3) is 0 Å². The highest BCUT2D eigenvalue weighted by Crippen LogP contribution is 2.18. The average molecular weight is 299 g/mol. The van der Waals surface area contributed by atoms with Crippen molar-refractivity contribution in [3.8, 4) is 0 Å². The fourth-order valence-corrected chi connectivity index (χ4v) is 2.23. The topological polar surface area (TPSA) is 108 Å². The van der Waals surface area contributed by atoms with Crippen LogP contribution in [0.15, 0.2) is 6.20 Å². The molecule has 0 fully saturated rings. The molecule has 7 nitrogen and oxygen atoms in total. The van der Waals surface area contributed by atoms with Gasteiger partial charge in [0.1, 0.15) is 5.01 Å². The molecule has 1 rings (SSSR count). The number of carboxylic acids is 1. The van der Waals surface area contributed by atoms with Crippen LogP contribution in [0.2, 0.25) is 0 Å². The Bertz CT molecular complexity index is 501. The van der Waals surface area contributed by atoms with Crippen LogP contribution >= 0.6 is 11.3 Å². The van der Waals surface area contributed by atoms with E-state index in [2.05, 4.69) is 15.6 Å². The Balaban J connectivity index is 2.32. The number of thiazole rings is 1. The number of carbonyl (C=O) groups excluding carboxylic acids is 2. The van der Waals surface area contributed by atoms with Crippen LogP contribution in [-0.4, -0.2) is 28.0 Å². The summed E-state index contributed by atoms with van der Waals surface area (Å²) in [6.07, 6.45) is 1.83. The molecule has 0 spiro atoms. The van der Waals surface area contributed by atoms with Gasteiger partial charge in [-0.05, 0) is 20.3 Å². The number of hydrogen-bond donors (Lipinski definition) is 3. The molecule has 110 valence electrons. The van der Waals surface area contributed by atoms with Crippen molar-refractivity contribution in [1.29, 1.82) is 0 Å². The first-order valence-corrected chi connectivity index (χ1v) is 6.94. The average Bonchev–Trinajstić information content (AvgIpc) is 2.75. The van der Waals surface area contributed by atoms with Gasteiger partial charge in [-0.1, -0.05) is 0 Å². The van der Waals surface area contributed by atoms with Crippen LogP contribution in [-0.2, 0) is 9.59 Å². The van der Waals surface area contributed by atoms with Gasteiger partial charge < -0.3 is 10.4 Å². The van der Waals surface area contributed by atoms with E-state index in [0.717, 1.165) is 9.88 Å². The summed E-state index contributed by atoms with van der Waals surface area (Å²) in [6, 6.07) is -0.897. The molecule has 8 heteroatoms. The van der Waals surface area contributed by atoms with Gasteiger partial charge in [0.05, 0.1) is 6.04 Å². The van der Waals surface area contributed by atoms with Crippen LogP contribution in [0.4, 0.5) is 4.79 Å². The quantitative estimate of drug-likeness (QED) is 0.739. The molecule has 1 unspecified atom stereocenters. The zero-order valence-corrected chi connectivity index (χ0v) is 12.1. The third-order valence-corrected chi connectivity index (χ3v) is 3.50. The number of nitrogens with one attached hydrogen (secondary N) is 2. The fourth-order valence-electron chi connectivity index (χ4n) is 1.46. The molecule has 0 aliphatic carbocycles. The van der Waals surface area contributed by atoms with Gasteiger partial charge in [0.15, 0.2) is 0 Å². The standard InChI is InChI=1S/C12H17N3O4S/c1-7-6-13-11(20-7)8(2)14-12(19)15-9(16)4-3-5-10(17)18/h6,8H,3-5H2,1-2H3,(H,17,18)(H2,14,15,16,19). The molecule has 0 aliphatic rings. The number of rotatable bonds is 6. The molecular formula is C12H17N3O4S. The summed E-state index contributed by atoms with van der Waals surface area (Å²) in [5.74, 6) is -1.46. The van der Waals surface area contributed by atoms with Crippen LogP contribution in [0.3, 0.4) is 0 Å². The minimum Gasteiger partial charge on any atom is -0.481 e. The number of aryl methyl sites for hydroxylation is 1. The largest absolute Gasteiger partial charge is 0.481 e. The van der Waals surface area contributed by atoms with E-state index in [4.69, 9.17) is 5.11 Å². The molecule has 1 heterocycles. The van der Waals surface area contributed by atoms with Gasteiger partial charge in [-0.25, -0.2) is 9.78 Å². The maximum atomic E-state index is 11.6. The summed E-state index contributed by atoms with van der Waals surface area (Å²) >= 11 is 1.47. The van der Waals surface area contributed by atoms with Crippen LogP contribution in [0.5, 0.6) is 0 Å². The van der Waals surface area contributed by atoms with E-state index >= 15 is 0 Å². The summed E-state index contributed by atoms with van der Waals surface area (Å²) in [5, 5.41) is 14.0. The molecule has 20 heavy (non-hydrogen) atoms. The number of aromatic nitrogens is 1. The zero-order valence-electron chi connectivity index (χ0n) is 11.3. The molecule has 0 aromatic carbocycles. The lowest BCUT2D eigenvalue weighted by Gasteiger charge is -2.11. The number of urea groups is 1. The molecule has 0 aliphatic heterocycles. The highest BCUT2D eigenvalue weighted by molar-refractivity contribution is 7.11. The molecule has 0 saturated heterocycles. The van der Waals surface area contributed by atoms with Gasteiger partial charge in [0, 0.05) is 23.9 Å². The van der Waals surface area contributed by atoms with Gasteiger partial charge in [-0.15, -0.1) is 11.3 Å². The van der Waals surface area contributed by atoms with Gasteiger partial charge in [-0.2, -0.15) is 0 Å². The normalized spacial score (nSPS) is 11.7. The second-order valence-corrected chi connectivity index (χ2v) is 5.57. The molecule has 0 radical (unpaired) electrons. The Hall–Kier alpha value is -1.96. The minimum atomic E-state index is -0.963. The first kappa shape index (κ1) is 16.1. The Kier molecular flexibility index (Phi) is 6.10. The van der Waals surface area contributed by atoms with Crippen molar-refractivity contribution in [3.05, 3.63) is 16.1 Å². The van der Waals surface area contributed by atoms with Crippen molar-refractivity contribution >= 4 is 29.2 Å². The van der Waals surface area contributed by atoms with Crippen LogP contribution in [0.1, 0.15) is 42.1 Å². The lowest BCUT2D eigenvalue weighted by Crippen LogP contribution is -2.40. The third-order valence-electron chi connectivity index (χ3n) is 2.40. The second-order valence-electron chi connectivity index (χ2n) is 4.30. The number of hydrogen-bond acceptors (Lipinski definition) is 5. The fraction of sp³-hybridized carbons (Fsp3) is 0.500.